The lowest BCUT2D eigenvalue weighted by molar-refractivity contribution is 0.0775. The molecule has 1 aliphatic carbocycles. The third kappa shape index (κ3) is 5.56. The highest BCUT2D eigenvalue weighted by Crippen LogP contribution is 2.31. The van der Waals surface area contributed by atoms with Crippen LogP contribution in [0.5, 0.6) is 11.5 Å². The van der Waals surface area contributed by atoms with Crippen LogP contribution in [-0.4, -0.2) is 49.2 Å². The summed E-state index contributed by atoms with van der Waals surface area (Å²) in [5.41, 5.74) is 1.36. The van der Waals surface area contributed by atoms with E-state index in [1.165, 1.54) is 6.07 Å². The number of nitrogens with one attached hydrogen (secondary N) is 1. The van der Waals surface area contributed by atoms with Gasteiger partial charge in [-0.25, -0.2) is 4.39 Å². The quantitative estimate of drug-likeness (QED) is 0.687. The summed E-state index contributed by atoms with van der Waals surface area (Å²) in [6.45, 7) is 3.94. The molecule has 1 saturated carbocycles. The zero-order chi connectivity index (χ0) is 21.8. The zero-order valence-electron chi connectivity index (χ0n) is 18.3. The van der Waals surface area contributed by atoms with Crippen molar-refractivity contribution in [3.05, 3.63) is 59.4 Å². The van der Waals surface area contributed by atoms with Crippen molar-refractivity contribution >= 4 is 5.91 Å². The van der Waals surface area contributed by atoms with Crippen molar-refractivity contribution in [1.29, 1.82) is 0 Å². The predicted octanol–water partition coefficient (Wildman–Crippen LogP) is 4.20. The Hall–Kier alpha value is -2.60. The summed E-state index contributed by atoms with van der Waals surface area (Å²) in [4.78, 5) is 14.8. The van der Waals surface area contributed by atoms with E-state index in [0.29, 0.717) is 29.5 Å². The van der Waals surface area contributed by atoms with E-state index in [4.69, 9.17) is 9.47 Å². The average Bonchev–Trinajstić information content (AvgIpc) is 3.60. The molecule has 1 atom stereocenters. The number of ether oxygens (including phenoxy) is 2. The van der Waals surface area contributed by atoms with Gasteiger partial charge in [-0.15, -0.1) is 0 Å². The fourth-order valence-electron chi connectivity index (χ4n) is 4.13. The summed E-state index contributed by atoms with van der Waals surface area (Å²) < 4.78 is 25.7. The number of nitrogens with zero attached hydrogens (tertiary/aromatic N) is 1. The van der Waals surface area contributed by atoms with Crippen LogP contribution in [-0.2, 0) is 6.42 Å². The van der Waals surface area contributed by atoms with Gasteiger partial charge in [0.1, 0.15) is 11.9 Å². The number of hydrogen-bond donors (Lipinski definition) is 1. The van der Waals surface area contributed by atoms with E-state index in [9.17, 15) is 9.18 Å². The number of likely N-dealkylation sites (tertiary alicyclic amines) is 1. The van der Waals surface area contributed by atoms with Crippen LogP contribution in [0.4, 0.5) is 4.39 Å². The Morgan fingerprint density at radius 3 is 2.55 bits per heavy atom. The minimum Gasteiger partial charge on any atom is -0.493 e. The molecule has 0 bridgehead atoms. The largest absolute Gasteiger partial charge is 0.493 e. The van der Waals surface area contributed by atoms with E-state index in [1.54, 1.807) is 31.4 Å². The first kappa shape index (κ1) is 21.6. The van der Waals surface area contributed by atoms with Gasteiger partial charge < -0.3 is 19.7 Å². The summed E-state index contributed by atoms with van der Waals surface area (Å²) in [6, 6.07) is 12.9. The van der Waals surface area contributed by atoms with Gasteiger partial charge in [0.25, 0.3) is 5.91 Å². The third-order valence-electron chi connectivity index (χ3n) is 6.21. The maximum atomic E-state index is 14.0. The van der Waals surface area contributed by atoms with Crippen LogP contribution in [0.15, 0.2) is 42.5 Å². The molecule has 166 valence electrons. The Balaban J connectivity index is 1.33. The van der Waals surface area contributed by atoms with E-state index >= 15 is 0 Å². The summed E-state index contributed by atoms with van der Waals surface area (Å²) in [5.74, 6) is 1.05. The maximum absolute atomic E-state index is 14.0. The van der Waals surface area contributed by atoms with Crippen molar-refractivity contribution < 1.29 is 18.7 Å². The van der Waals surface area contributed by atoms with Crippen molar-refractivity contribution in [2.45, 2.75) is 57.2 Å². The molecule has 0 spiro atoms. The standard InChI is InChI=1S/C25H31FN2O3/c1-17(15-18-5-3-4-6-22(18)26)28-13-11-21(12-14-28)31-24-16-19(7-10-23(24)30-2)25(29)27-20-8-9-20/h3-7,10,16-17,20-21H,8-9,11-15H2,1-2H3,(H,27,29). The minimum absolute atomic E-state index is 0.0626. The summed E-state index contributed by atoms with van der Waals surface area (Å²) in [5, 5.41) is 3.01. The number of amides is 1. The lowest BCUT2D eigenvalue weighted by Gasteiger charge is -2.36. The normalized spacial score (nSPS) is 18.4. The second-order valence-electron chi connectivity index (χ2n) is 8.61. The number of carbonyl (C=O) groups is 1. The predicted molar refractivity (Wildman–Crippen MR) is 118 cm³/mol. The molecular formula is C25H31FN2O3. The van der Waals surface area contributed by atoms with E-state index in [2.05, 4.69) is 17.1 Å². The Morgan fingerprint density at radius 2 is 1.87 bits per heavy atom. The molecule has 1 saturated heterocycles. The number of methoxy groups -OCH3 is 1. The number of piperidine rings is 1. The molecule has 1 heterocycles. The van der Waals surface area contributed by atoms with E-state index in [0.717, 1.165) is 44.3 Å². The molecule has 4 rings (SSSR count). The number of halogens is 1. The molecule has 1 N–H and O–H groups in total. The van der Waals surface area contributed by atoms with Crippen LogP contribution in [0.1, 0.15) is 48.5 Å². The molecule has 6 heteroatoms. The number of benzene rings is 2. The summed E-state index contributed by atoms with van der Waals surface area (Å²) in [7, 11) is 1.61. The van der Waals surface area contributed by atoms with Crippen molar-refractivity contribution in [2.24, 2.45) is 0 Å². The molecule has 2 aliphatic rings. The molecule has 2 fully saturated rings. The van der Waals surface area contributed by atoms with Crippen molar-refractivity contribution in [2.75, 3.05) is 20.2 Å². The second kappa shape index (κ2) is 9.69. The summed E-state index contributed by atoms with van der Waals surface area (Å²) >= 11 is 0. The maximum Gasteiger partial charge on any atom is 0.251 e. The van der Waals surface area contributed by atoms with Gasteiger partial charge in [-0.1, -0.05) is 18.2 Å². The Morgan fingerprint density at radius 1 is 1.13 bits per heavy atom. The fourth-order valence-corrected chi connectivity index (χ4v) is 4.13. The van der Waals surface area contributed by atoms with Crippen LogP contribution in [0.2, 0.25) is 0 Å². The second-order valence-corrected chi connectivity index (χ2v) is 8.61. The van der Waals surface area contributed by atoms with Crippen molar-refractivity contribution in [3.63, 3.8) is 0 Å². The lowest BCUT2D eigenvalue weighted by atomic mass is 10.0. The summed E-state index contributed by atoms with van der Waals surface area (Å²) in [6.07, 6.45) is 4.63. The van der Waals surface area contributed by atoms with E-state index < -0.39 is 0 Å². The fraction of sp³-hybridized carbons (Fsp3) is 0.480. The van der Waals surface area contributed by atoms with Gasteiger partial charge in [0, 0.05) is 30.7 Å². The van der Waals surface area contributed by atoms with Crippen LogP contribution < -0.4 is 14.8 Å². The molecule has 0 aromatic heterocycles. The molecule has 5 nitrogen and oxygen atoms in total. The smallest absolute Gasteiger partial charge is 0.251 e. The Bertz CT molecular complexity index is 907. The molecule has 31 heavy (non-hydrogen) atoms. The molecule has 2 aromatic rings. The highest BCUT2D eigenvalue weighted by molar-refractivity contribution is 5.95. The van der Waals surface area contributed by atoms with E-state index in [-0.39, 0.29) is 23.9 Å². The lowest BCUT2D eigenvalue weighted by Crippen LogP contribution is -2.43. The third-order valence-corrected chi connectivity index (χ3v) is 6.21. The number of hydrogen-bond acceptors (Lipinski definition) is 4. The van der Waals surface area contributed by atoms with Gasteiger partial charge in [0.15, 0.2) is 11.5 Å². The SMILES string of the molecule is COc1ccc(C(=O)NC2CC2)cc1OC1CCN(C(C)Cc2ccccc2F)CC1. The van der Waals surface area contributed by atoms with Crippen LogP contribution >= 0.6 is 0 Å². The molecule has 1 aliphatic heterocycles. The highest BCUT2D eigenvalue weighted by atomic mass is 19.1. The molecule has 2 aromatic carbocycles. The van der Waals surface area contributed by atoms with Crippen molar-refractivity contribution in [1.82, 2.24) is 10.2 Å². The van der Waals surface area contributed by atoms with Crippen LogP contribution in [0.25, 0.3) is 0 Å². The zero-order valence-corrected chi connectivity index (χ0v) is 18.3. The first-order valence-electron chi connectivity index (χ1n) is 11.2. The van der Waals surface area contributed by atoms with Gasteiger partial charge in [-0.3, -0.25) is 4.79 Å². The van der Waals surface area contributed by atoms with Crippen LogP contribution in [0.3, 0.4) is 0 Å². The average molecular weight is 427 g/mol. The first-order chi connectivity index (χ1) is 15.0. The van der Waals surface area contributed by atoms with Gasteiger partial charge >= 0.3 is 0 Å². The number of carbonyl (C=O) groups excluding carboxylic acids is 1. The van der Waals surface area contributed by atoms with Crippen molar-refractivity contribution in [3.8, 4) is 11.5 Å². The first-order valence-corrected chi connectivity index (χ1v) is 11.2. The Kier molecular flexibility index (Phi) is 6.76. The van der Waals surface area contributed by atoms with Gasteiger partial charge in [-0.05, 0) is 68.9 Å². The number of rotatable bonds is 8. The highest BCUT2D eigenvalue weighted by Gasteiger charge is 2.27. The molecule has 1 unspecified atom stereocenters. The van der Waals surface area contributed by atoms with E-state index in [1.807, 2.05) is 12.1 Å². The minimum atomic E-state index is -0.134. The van der Waals surface area contributed by atoms with Gasteiger partial charge in [0.2, 0.25) is 0 Å². The Labute approximate surface area is 183 Å². The monoisotopic (exact) mass is 426 g/mol. The van der Waals surface area contributed by atoms with Gasteiger partial charge in [-0.2, -0.15) is 0 Å². The molecule has 1 amide bonds. The molecular weight excluding hydrogens is 395 g/mol. The van der Waals surface area contributed by atoms with Gasteiger partial charge in [0.05, 0.1) is 7.11 Å². The topological polar surface area (TPSA) is 50.8 Å². The molecule has 0 radical (unpaired) electrons. The van der Waals surface area contributed by atoms with Crippen LogP contribution in [0, 0.1) is 5.82 Å².